The molecule has 0 aliphatic heterocycles. The Labute approximate surface area is 129 Å². The molecule has 0 heterocycles. The lowest BCUT2D eigenvalue weighted by molar-refractivity contribution is -0.121. The molecule has 1 atom stereocenters. The third-order valence-corrected chi connectivity index (χ3v) is 3.36. The molecule has 1 aromatic rings. The van der Waals surface area contributed by atoms with Gasteiger partial charge >= 0.3 is 0 Å². The van der Waals surface area contributed by atoms with Crippen LogP contribution < -0.4 is 11.1 Å². The van der Waals surface area contributed by atoms with Gasteiger partial charge in [0.2, 0.25) is 5.91 Å². The molecule has 3 nitrogen and oxygen atoms in total. The molecule has 0 saturated carbocycles. The Morgan fingerprint density at radius 3 is 2.53 bits per heavy atom. The zero-order chi connectivity index (χ0) is 13.4. The molecule has 1 amide bonds. The van der Waals surface area contributed by atoms with E-state index >= 15 is 0 Å². The van der Waals surface area contributed by atoms with E-state index in [1.807, 2.05) is 24.3 Å². The van der Waals surface area contributed by atoms with Crippen molar-refractivity contribution >= 4 is 34.2 Å². The van der Waals surface area contributed by atoms with Gasteiger partial charge in [0, 0.05) is 17.1 Å². The second-order valence-electron chi connectivity index (χ2n) is 4.45. The molecule has 0 aliphatic carbocycles. The van der Waals surface area contributed by atoms with E-state index in [0.717, 1.165) is 29.3 Å². The van der Waals surface area contributed by atoms with Crippen LogP contribution in [0.25, 0.3) is 0 Å². The van der Waals surface area contributed by atoms with Crippen molar-refractivity contribution in [2.75, 3.05) is 6.54 Å². The van der Waals surface area contributed by atoms with Gasteiger partial charge in [0.05, 0.1) is 6.42 Å². The van der Waals surface area contributed by atoms with Crippen LogP contribution in [0.4, 0.5) is 0 Å². The van der Waals surface area contributed by atoms with Gasteiger partial charge in [0.25, 0.3) is 0 Å². The number of hydrogen-bond donors (Lipinski definition) is 2. The number of nitrogens with two attached hydrogens (primary N) is 1. The first-order chi connectivity index (χ1) is 8.65. The molecular formula is C14H22BrClN2O. The van der Waals surface area contributed by atoms with Crippen LogP contribution in [0.2, 0.25) is 0 Å². The van der Waals surface area contributed by atoms with Gasteiger partial charge in [0.1, 0.15) is 0 Å². The molecular weight excluding hydrogens is 328 g/mol. The van der Waals surface area contributed by atoms with Crippen molar-refractivity contribution in [3.8, 4) is 0 Å². The molecule has 5 heteroatoms. The van der Waals surface area contributed by atoms with Crippen LogP contribution in [0.15, 0.2) is 28.7 Å². The summed E-state index contributed by atoms with van der Waals surface area (Å²) in [6, 6.07) is 7.90. The van der Waals surface area contributed by atoms with E-state index in [1.54, 1.807) is 0 Å². The molecule has 1 rings (SSSR count). The second kappa shape index (κ2) is 10.2. The SMILES string of the molecule is CCCCC(CN)NC(=O)Cc1ccc(Br)cc1.Cl. The van der Waals surface area contributed by atoms with Crippen molar-refractivity contribution in [2.45, 2.75) is 38.6 Å². The van der Waals surface area contributed by atoms with Gasteiger partial charge in [-0.3, -0.25) is 4.79 Å². The van der Waals surface area contributed by atoms with Crippen molar-refractivity contribution in [1.29, 1.82) is 0 Å². The fraction of sp³-hybridized carbons (Fsp3) is 0.500. The van der Waals surface area contributed by atoms with Crippen LogP contribution in [0.5, 0.6) is 0 Å². The first-order valence-electron chi connectivity index (χ1n) is 6.39. The topological polar surface area (TPSA) is 55.1 Å². The monoisotopic (exact) mass is 348 g/mol. The van der Waals surface area contributed by atoms with Crippen molar-refractivity contribution in [3.05, 3.63) is 34.3 Å². The van der Waals surface area contributed by atoms with Crippen molar-refractivity contribution in [2.24, 2.45) is 5.73 Å². The predicted octanol–water partition coefficient (Wildman–Crippen LogP) is 3.05. The summed E-state index contributed by atoms with van der Waals surface area (Å²) < 4.78 is 1.02. The van der Waals surface area contributed by atoms with Gasteiger partial charge in [0.15, 0.2) is 0 Å². The largest absolute Gasteiger partial charge is 0.352 e. The fourth-order valence-corrected chi connectivity index (χ4v) is 2.03. The first kappa shape index (κ1) is 18.4. The van der Waals surface area contributed by atoms with Crippen molar-refractivity contribution < 1.29 is 4.79 Å². The molecule has 1 aromatic carbocycles. The number of nitrogens with one attached hydrogen (secondary N) is 1. The van der Waals surface area contributed by atoms with E-state index in [0.29, 0.717) is 13.0 Å². The van der Waals surface area contributed by atoms with Gasteiger partial charge in [-0.25, -0.2) is 0 Å². The Balaban J connectivity index is 0.00000324. The average molecular weight is 350 g/mol. The Kier molecular flexibility index (Phi) is 9.92. The lowest BCUT2D eigenvalue weighted by Gasteiger charge is -2.16. The smallest absolute Gasteiger partial charge is 0.224 e. The van der Waals surface area contributed by atoms with E-state index in [-0.39, 0.29) is 24.4 Å². The Morgan fingerprint density at radius 1 is 1.37 bits per heavy atom. The van der Waals surface area contributed by atoms with E-state index in [1.165, 1.54) is 0 Å². The molecule has 0 aromatic heterocycles. The number of halogens is 2. The van der Waals surface area contributed by atoms with E-state index in [4.69, 9.17) is 5.73 Å². The maximum absolute atomic E-state index is 11.9. The quantitative estimate of drug-likeness (QED) is 0.795. The number of carbonyl (C=O) groups is 1. The van der Waals surface area contributed by atoms with Crippen molar-refractivity contribution in [3.63, 3.8) is 0 Å². The minimum atomic E-state index is 0. The van der Waals surface area contributed by atoms with E-state index in [2.05, 4.69) is 28.2 Å². The first-order valence-corrected chi connectivity index (χ1v) is 7.19. The van der Waals surface area contributed by atoms with Gasteiger partial charge in [-0.1, -0.05) is 47.8 Å². The van der Waals surface area contributed by atoms with Crippen LogP contribution in [0.3, 0.4) is 0 Å². The highest BCUT2D eigenvalue weighted by Gasteiger charge is 2.10. The maximum Gasteiger partial charge on any atom is 0.224 e. The van der Waals surface area contributed by atoms with Crippen molar-refractivity contribution in [1.82, 2.24) is 5.32 Å². The van der Waals surface area contributed by atoms with Gasteiger partial charge < -0.3 is 11.1 Å². The average Bonchev–Trinajstić information content (AvgIpc) is 2.37. The number of carbonyl (C=O) groups excluding carboxylic acids is 1. The maximum atomic E-state index is 11.9. The minimum absolute atomic E-state index is 0. The molecule has 19 heavy (non-hydrogen) atoms. The summed E-state index contributed by atoms with van der Waals surface area (Å²) in [5.41, 5.74) is 6.67. The van der Waals surface area contributed by atoms with Crippen LogP contribution in [-0.4, -0.2) is 18.5 Å². The highest BCUT2D eigenvalue weighted by molar-refractivity contribution is 9.10. The molecule has 0 bridgehead atoms. The minimum Gasteiger partial charge on any atom is -0.352 e. The molecule has 1 unspecified atom stereocenters. The van der Waals surface area contributed by atoms with E-state index < -0.39 is 0 Å². The lowest BCUT2D eigenvalue weighted by atomic mass is 10.1. The number of benzene rings is 1. The highest BCUT2D eigenvalue weighted by Crippen LogP contribution is 2.11. The predicted molar refractivity (Wildman–Crippen MR) is 85.6 cm³/mol. The summed E-state index contributed by atoms with van der Waals surface area (Å²) in [5, 5.41) is 2.99. The molecule has 0 saturated heterocycles. The summed E-state index contributed by atoms with van der Waals surface area (Å²) in [6.07, 6.45) is 3.59. The standard InChI is InChI=1S/C14H21BrN2O.ClH/c1-2-3-4-13(10-16)17-14(18)9-11-5-7-12(15)8-6-11;/h5-8,13H,2-4,9-10,16H2,1H3,(H,17,18);1H. The van der Waals surface area contributed by atoms with Crippen LogP contribution in [0, 0.1) is 0 Å². The zero-order valence-electron chi connectivity index (χ0n) is 11.2. The van der Waals surface area contributed by atoms with Gasteiger partial charge in [-0.2, -0.15) is 0 Å². The molecule has 0 aliphatic rings. The zero-order valence-corrected chi connectivity index (χ0v) is 13.6. The number of hydrogen-bond acceptors (Lipinski definition) is 2. The number of amides is 1. The normalized spacial score (nSPS) is 11.5. The molecule has 108 valence electrons. The molecule has 0 spiro atoms. The van der Waals surface area contributed by atoms with Crippen LogP contribution in [-0.2, 0) is 11.2 Å². The second-order valence-corrected chi connectivity index (χ2v) is 5.36. The molecule has 0 fully saturated rings. The van der Waals surface area contributed by atoms with Gasteiger partial charge in [-0.05, 0) is 24.1 Å². The van der Waals surface area contributed by atoms with Crippen LogP contribution in [0.1, 0.15) is 31.7 Å². The summed E-state index contributed by atoms with van der Waals surface area (Å²) in [7, 11) is 0. The number of rotatable bonds is 7. The van der Waals surface area contributed by atoms with E-state index in [9.17, 15) is 4.79 Å². The Hall–Kier alpha value is -0.580. The summed E-state index contributed by atoms with van der Waals surface area (Å²) in [5.74, 6) is 0.0453. The third kappa shape index (κ3) is 7.55. The Morgan fingerprint density at radius 2 is 2.00 bits per heavy atom. The van der Waals surface area contributed by atoms with Gasteiger partial charge in [-0.15, -0.1) is 12.4 Å². The highest BCUT2D eigenvalue weighted by atomic mass is 79.9. The summed E-state index contributed by atoms with van der Waals surface area (Å²) >= 11 is 3.37. The third-order valence-electron chi connectivity index (χ3n) is 2.83. The molecule has 3 N–H and O–H groups in total. The number of unbranched alkanes of at least 4 members (excludes halogenated alkanes) is 1. The fourth-order valence-electron chi connectivity index (χ4n) is 1.77. The van der Waals surface area contributed by atoms with Crippen LogP contribution >= 0.6 is 28.3 Å². The lowest BCUT2D eigenvalue weighted by Crippen LogP contribution is -2.40. The Bertz CT molecular complexity index is 370. The summed E-state index contributed by atoms with van der Waals surface area (Å²) in [6.45, 7) is 2.64. The summed E-state index contributed by atoms with van der Waals surface area (Å²) in [4.78, 5) is 11.9. The molecule has 0 radical (unpaired) electrons.